The predicted molar refractivity (Wildman–Crippen MR) is 42.8 cm³/mol. The van der Waals surface area contributed by atoms with Crippen LogP contribution in [0.15, 0.2) is 0 Å². The number of nitrogens with zero attached hydrogens (tertiary/aromatic N) is 3. The average Bonchev–Trinajstić information content (AvgIpc) is 2.05. The molecule has 1 rings (SSSR count). The van der Waals surface area contributed by atoms with Gasteiger partial charge in [-0.05, 0) is 13.8 Å². The van der Waals surface area contributed by atoms with E-state index in [4.69, 9.17) is 10.00 Å². The first kappa shape index (κ1) is 8.47. The molecule has 4 heteroatoms. The van der Waals surface area contributed by atoms with Crippen LogP contribution in [0.1, 0.15) is 17.1 Å². The van der Waals surface area contributed by atoms with Gasteiger partial charge in [0.2, 0.25) is 5.88 Å². The molecule has 0 unspecified atom stereocenters. The lowest BCUT2D eigenvalue weighted by Crippen LogP contribution is -2.00. The van der Waals surface area contributed by atoms with Gasteiger partial charge in [0.25, 0.3) is 0 Å². The summed E-state index contributed by atoms with van der Waals surface area (Å²) in [5.41, 5.74) is 1.65. The minimum Gasteiger partial charge on any atom is -0.480 e. The third-order valence-corrected chi connectivity index (χ3v) is 1.50. The Balaban J connectivity index is 3.30. The second-order valence-corrected chi connectivity index (χ2v) is 2.36. The maximum absolute atomic E-state index is 8.62. The molecule has 12 heavy (non-hydrogen) atoms. The molecule has 0 amide bonds. The molecule has 0 fully saturated rings. The van der Waals surface area contributed by atoms with Gasteiger partial charge in [-0.15, -0.1) is 0 Å². The fraction of sp³-hybridized carbons (Fsp3) is 0.375. The summed E-state index contributed by atoms with van der Waals surface area (Å²) >= 11 is 0. The molecule has 0 aliphatic heterocycles. The summed E-state index contributed by atoms with van der Waals surface area (Å²) in [4.78, 5) is 8.07. The first-order valence-corrected chi connectivity index (χ1v) is 3.48. The Kier molecular flexibility index (Phi) is 2.24. The van der Waals surface area contributed by atoms with Crippen LogP contribution in [0.2, 0.25) is 0 Å². The third kappa shape index (κ3) is 1.35. The number of hydrogen-bond donors (Lipinski definition) is 0. The minimum atomic E-state index is 0.317. The summed E-state index contributed by atoms with van der Waals surface area (Å²) in [6.07, 6.45) is 0. The summed E-state index contributed by atoms with van der Waals surface area (Å²) in [6.45, 7) is 3.54. The van der Waals surface area contributed by atoms with E-state index in [-0.39, 0.29) is 0 Å². The van der Waals surface area contributed by atoms with Crippen molar-refractivity contribution in [2.24, 2.45) is 0 Å². The standard InChI is InChI=1S/C8H9N3O/c1-5-7(4-9)11-8(12-3)6(2)10-5/h1-3H3. The molecule has 0 saturated heterocycles. The molecule has 1 heterocycles. The van der Waals surface area contributed by atoms with Crippen molar-refractivity contribution in [1.82, 2.24) is 9.97 Å². The number of ether oxygens (including phenoxy) is 1. The van der Waals surface area contributed by atoms with Crippen molar-refractivity contribution in [2.45, 2.75) is 13.8 Å². The Morgan fingerprint density at radius 3 is 2.42 bits per heavy atom. The highest BCUT2D eigenvalue weighted by Crippen LogP contribution is 2.13. The third-order valence-electron chi connectivity index (χ3n) is 1.50. The largest absolute Gasteiger partial charge is 0.480 e. The van der Waals surface area contributed by atoms with Crippen molar-refractivity contribution in [1.29, 1.82) is 5.26 Å². The first-order valence-electron chi connectivity index (χ1n) is 3.48. The molecule has 0 atom stereocenters. The SMILES string of the molecule is COc1nc(C#N)c(C)nc1C. The topological polar surface area (TPSA) is 58.8 Å². The van der Waals surface area contributed by atoms with E-state index in [0.29, 0.717) is 23.0 Å². The number of aromatic nitrogens is 2. The van der Waals surface area contributed by atoms with Crippen LogP contribution >= 0.6 is 0 Å². The van der Waals surface area contributed by atoms with Gasteiger partial charge in [-0.2, -0.15) is 10.2 Å². The van der Waals surface area contributed by atoms with Crippen LogP contribution in [0.5, 0.6) is 5.88 Å². The molecule has 4 nitrogen and oxygen atoms in total. The van der Waals surface area contributed by atoms with Crippen molar-refractivity contribution in [3.8, 4) is 11.9 Å². The van der Waals surface area contributed by atoms with E-state index in [9.17, 15) is 0 Å². The summed E-state index contributed by atoms with van der Waals surface area (Å²) in [7, 11) is 1.51. The highest BCUT2D eigenvalue weighted by molar-refractivity contribution is 5.30. The lowest BCUT2D eigenvalue weighted by Gasteiger charge is -2.03. The quantitative estimate of drug-likeness (QED) is 0.619. The molecule has 1 aromatic heterocycles. The molecule has 0 spiro atoms. The molecule has 0 bridgehead atoms. The molecule has 62 valence electrons. The first-order chi connectivity index (χ1) is 5.69. The molecule has 0 saturated carbocycles. The van der Waals surface area contributed by atoms with Gasteiger partial charge in [0.15, 0.2) is 5.69 Å². The van der Waals surface area contributed by atoms with E-state index in [1.807, 2.05) is 6.07 Å². The lowest BCUT2D eigenvalue weighted by molar-refractivity contribution is 0.391. The zero-order valence-corrected chi connectivity index (χ0v) is 7.25. The van der Waals surface area contributed by atoms with E-state index >= 15 is 0 Å². The average molecular weight is 163 g/mol. The van der Waals surface area contributed by atoms with E-state index in [1.165, 1.54) is 7.11 Å². The normalized spacial score (nSPS) is 9.17. The molecular formula is C8H9N3O. The summed E-state index contributed by atoms with van der Waals surface area (Å²) in [5.74, 6) is 0.414. The Morgan fingerprint density at radius 2 is 1.92 bits per heavy atom. The Labute approximate surface area is 70.8 Å². The van der Waals surface area contributed by atoms with Gasteiger partial charge >= 0.3 is 0 Å². The van der Waals surface area contributed by atoms with E-state index in [1.54, 1.807) is 13.8 Å². The van der Waals surface area contributed by atoms with Gasteiger partial charge < -0.3 is 4.74 Å². The lowest BCUT2D eigenvalue weighted by atomic mass is 10.3. The second-order valence-electron chi connectivity index (χ2n) is 2.36. The van der Waals surface area contributed by atoms with Crippen molar-refractivity contribution in [2.75, 3.05) is 7.11 Å². The van der Waals surface area contributed by atoms with Crippen LogP contribution in [0, 0.1) is 25.2 Å². The minimum absolute atomic E-state index is 0.317. The molecule has 1 aromatic rings. The number of hydrogen-bond acceptors (Lipinski definition) is 4. The molecule has 0 radical (unpaired) electrons. The summed E-state index contributed by atoms with van der Waals surface area (Å²) < 4.78 is 4.92. The maximum atomic E-state index is 8.62. The smallest absolute Gasteiger partial charge is 0.236 e. The molecular weight excluding hydrogens is 154 g/mol. The number of rotatable bonds is 1. The Bertz CT molecular complexity index is 341. The highest BCUT2D eigenvalue weighted by Gasteiger charge is 2.06. The van der Waals surface area contributed by atoms with Crippen LogP contribution in [-0.2, 0) is 0 Å². The van der Waals surface area contributed by atoms with Gasteiger partial charge in [0.1, 0.15) is 6.07 Å². The molecule has 0 aromatic carbocycles. The van der Waals surface area contributed by atoms with E-state index in [2.05, 4.69) is 9.97 Å². The Morgan fingerprint density at radius 1 is 1.25 bits per heavy atom. The summed E-state index contributed by atoms with van der Waals surface area (Å²) in [5, 5.41) is 8.62. The van der Waals surface area contributed by atoms with Gasteiger partial charge in [0.05, 0.1) is 18.5 Å². The van der Waals surface area contributed by atoms with Gasteiger partial charge in [-0.25, -0.2) is 4.98 Å². The molecule has 0 aliphatic carbocycles. The van der Waals surface area contributed by atoms with E-state index in [0.717, 1.165) is 0 Å². The number of nitriles is 1. The van der Waals surface area contributed by atoms with Crippen molar-refractivity contribution < 1.29 is 4.74 Å². The molecule has 0 N–H and O–H groups in total. The van der Waals surface area contributed by atoms with Crippen LogP contribution in [-0.4, -0.2) is 17.1 Å². The highest BCUT2D eigenvalue weighted by atomic mass is 16.5. The van der Waals surface area contributed by atoms with Gasteiger partial charge in [-0.3, -0.25) is 0 Å². The molecule has 0 aliphatic rings. The zero-order valence-electron chi connectivity index (χ0n) is 7.25. The van der Waals surface area contributed by atoms with Crippen LogP contribution < -0.4 is 4.74 Å². The Hall–Kier alpha value is -1.63. The number of aryl methyl sites for hydroxylation is 2. The van der Waals surface area contributed by atoms with Crippen LogP contribution in [0.4, 0.5) is 0 Å². The van der Waals surface area contributed by atoms with Gasteiger partial charge in [0, 0.05) is 0 Å². The van der Waals surface area contributed by atoms with E-state index < -0.39 is 0 Å². The second kappa shape index (κ2) is 3.18. The number of methoxy groups -OCH3 is 1. The van der Waals surface area contributed by atoms with Crippen molar-refractivity contribution in [3.05, 3.63) is 17.1 Å². The van der Waals surface area contributed by atoms with Gasteiger partial charge in [-0.1, -0.05) is 0 Å². The summed E-state index contributed by atoms with van der Waals surface area (Å²) in [6, 6.07) is 1.94. The fourth-order valence-corrected chi connectivity index (χ4v) is 0.915. The zero-order chi connectivity index (χ0) is 9.14. The predicted octanol–water partition coefficient (Wildman–Crippen LogP) is 0.974. The van der Waals surface area contributed by atoms with Crippen LogP contribution in [0.25, 0.3) is 0 Å². The van der Waals surface area contributed by atoms with Crippen LogP contribution in [0.3, 0.4) is 0 Å². The van der Waals surface area contributed by atoms with Crippen molar-refractivity contribution >= 4 is 0 Å². The monoisotopic (exact) mass is 163 g/mol. The van der Waals surface area contributed by atoms with Crippen molar-refractivity contribution in [3.63, 3.8) is 0 Å². The fourth-order valence-electron chi connectivity index (χ4n) is 0.915. The maximum Gasteiger partial charge on any atom is 0.236 e.